The fourth-order valence-corrected chi connectivity index (χ4v) is 1.86. The van der Waals surface area contributed by atoms with Crippen LogP contribution in [-0.4, -0.2) is 5.97 Å². The highest BCUT2D eigenvalue weighted by molar-refractivity contribution is 6.42. The Morgan fingerprint density at radius 3 is 2.50 bits per heavy atom. The van der Waals surface area contributed by atoms with E-state index < -0.39 is 5.97 Å². The number of benzene rings is 2. The molecule has 0 radical (unpaired) electrons. The van der Waals surface area contributed by atoms with Gasteiger partial charge in [-0.1, -0.05) is 59.6 Å². The van der Waals surface area contributed by atoms with Crippen LogP contribution in [0.15, 0.2) is 54.6 Å². The number of carbonyl (C=O) groups excluding carboxylic acids is 1. The average molecular weight is 307 g/mol. The van der Waals surface area contributed by atoms with Crippen molar-refractivity contribution in [3.05, 3.63) is 75.8 Å². The first-order chi connectivity index (χ1) is 9.65. The van der Waals surface area contributed by atoms with E-state index in [1.165, 1.54) is 6.08 Å². The lowest BCUT2D eigenvalue weighted by atomic mass is 10.2. The topological polar surface area (TPSA) is 26.3 Å². The van der Waals surface area contributed by atoms with Gasteiger partial charge in [-0.05, 0) is 29.3 Å². The van der Waals surface area contributed by atoms with Gasteiger partial charge >= 0.3 is 5.97 Å². The van der Waals surface area contributed by atoms with Crippen LogP contribution in [0.5, 0.6) is 0 Å². The number of halogens is 2. The molecule has 0 saturated heterocycles. The van der Waals surface area contributed by atoms with E-state index in [0.29, 0.717) is 10.0 Å². The first-order valence-corrected chi connectivity index (χ1v) is 6.74. The first-order valence-electron chi connectivity index (χ1n) is 5.99. The van der Waals surface area contributed by atoms with Crippen LogP contribution >= 0.6 is 23.2 Å². The highest BCUT2D eigenvalue weighted by Crippen LogP contribution is 2.23. The molecule has 4 heteroatoms. The number of rotatable bonds is 4. The van der Waals surface area contributed by atoms with E-state index in [0.717, 1.165) is 11.1 Å². The normalized spacial score (nSPS) is 10.7. The number of hydrogen-bond acceptors (Lipinski definition) is 2. The van der Waals surface area contributed by atoms with Gasteiger partial charge < -0.3 is 4.74 Å². The zero-order chi connectivity index (χ0) is 14.4. The second-order valence-corrected chi connectivity index (χ2v) is 4.91. The predicted molar refractivity (Wildman–Crippen MR) is 81.7 cm³/mol. The molecule has 0 unspecified atom stereocenters. The molecular formula is C16H12Cl2O2. The second-order valence-electron chi connectivity index (χ2n) is 4.10. The van der Waals surface area contributed by atoms with Crippen molar-refractivity contribution in [1.29, 1.82) is 0 Å². The molecule has 0 amide bonds. The lowest BCUT2D eigenvalue weighted by Gasteiger charge is -2.01. The van der Waals surface area contributed by atoms with Gasteiger partial charge in [0.15, 0.2) is 0 Å². The second kappa shape index (κ2) is 7.13. The number of esters is 1. The van der Waals surface area contributed by atoms with Gasteiger partial charge in [0.05, 0.1) is 10.0 Å². The summed E-state index contributed by atoms with van der Waals surface area (Å²) in [6.45, 7) is 0.255. The molecule has 0 spiro atoms. The monoisotopic (exact) mass is 306 g/mol. The van der Waals surface area contributed by atoms with Crippen molar-refractivity contribution in [2.45, 2.75) is 6.61 Å². The Hall–Kier alpha value is -1.77. The molecule has 2 nitrogen and oxygen atoms in total. The molecule has 0 heterocycles. The van der Waals surface area contributed by atoms with E-state index >= 15 is 0 Å². The molecule has 0 aliphatic carbocycles. The van der Waals surface area contributed by atoms with Crippen molar-refractivity contribution in [2.75, 3.05) is 0 Å². The molecule has 0 bridgehead atoms. The van der Waals surface area contributed by atoms with Crippen molar-refractivity contribution >= 4 is 35.2 Å². The zero-order valence-corrected chi connectivity index (χ0v) is 12.1. The maximum atomic E-state index is 11.6. The van der Waals surface area contributed by atoms with Crippen molar-refractivity contribution in [1.82, 2.24) is 0 Å². The van der Waals surface area contributed by atoms with Gasteiger partial charge in [0.1, 0.15) is 6.61 Å². The summed E-state index contributed by atoms with van der Waals surface area (Å²) in [5.41, 5.74) is 1.74. The maximum absolute atomic E-state index is 11.6. The van der Waals surface area contributed by atoms with Crippen LogP contribution in [0.25, 0.3) is 6.08 Å². The van der Waals surface area contributed by atoms with Gasteiger partial charge in [-0.3, -0.25) is 0 Å². The third-order valence-corrected chi connectivity index (χ3v) is 3.32. The van der Waals surface area contributed by atoms with E-state index in [1.54, 1.807) is 24.3 Å². The summed E-state index contributed by atoms with van der Waals surface area (Å²) in [6.07, 6.45) is 3.00. The van der Waals surface area contributed by atoms with Crippen LogP contribution < -0.4 is 0 Å². The Bertz CT molecular complexity index is 622. The van der Waals surface area contributed by atoms with Crippen LogP contribution in [0.4, 0.5) is 0 Å². The molecule has 0 aliphatic heterocycles. The molecular weight excluding hydrogens is 295 g/mol. The van der Waals surface area contributed by atoms with Crippen LogP contribution in [0.1, 0.15) is 11.1 Å². The lowest BCUT2D eigenvalue weighted by molar-refractivity contribution is -0.138. The van der Waals surface area contributed by atoms with Crippen LogP contribution in [0, 0.1) is 0 Å². The molecule has 0 aromatic heterocycles. The van der Waals surface area contributed by atoms with E-state index in [2.05, 4.69) is 0 Å². The number of hydrogen-bond donors (Lipinski definition) is 0. The summed E-state index contributed by atoms with van der Waals surface area (Å²) in [5, 5.41) is 0.932. The SMILES string of the molecule is O=C(/C=C/c1ccc(Cl)c(Cl)c1)OCc1ccccc1. The van der Waals surface area contributed by atoms with Gasteiger partial charge in [0.25, 0.3) is 0 Å². The Morgan fingerprint density at radius 1 is 1.05 bits per heavy atom. The minimum Gasteiger partial charge on any atom is -0.458 e. The summed E-state index contributed by atoms with van der Waals surface area (Å²) in [5.74, 6) is -0.403. The molecule has 2 rings (SSSR count). The Morgan fingerprint density at radius 2 is 1.80 bits per heavy atom. The molecule has 0 atom stereocenters. The summed E-state index contributed by atoms with van der Waals surface area (Å²) in [6, 6.07) is 14.6. The van der Waals surface area contributed by atoms with Crippen molar-refractivity contribution in [3.63, 3.8) is 0 Å². The van der Waals surface area contributed by atoms with E-state index in [9.17, 15) is 4.79 Å². The maximum Gasteiger partial charge on any atom is 0.331 e. The molecule has 0 fully saturated rings. The minimum absolute atomic E-state index is 0.255. The molecule has 0 aliphatic rings. The molecule has 2 aromatic rings. The fraction of sp³-hybridized carbons (Fsp3) is 0.0625. The zero-order valence-electron chi connectivity index (χ0n) is 10.6. The number of ether oxygens (including phenoxy) is 1. The molecule has 2 aromatic carbocycles. The highest BCUT2D eigenvalue weighted by Gasteiger charge is 2.00. The Kier molecular flexibility index (Phi) is 5.22. The van der Waals surface area contributed by atoms with Crippen molar-refractivity contribution < 1.29 is 9.53 Å². The lowest BCUT2D eigenvalue weighted by Crippen LogP contribution is -2.00. The van der Waals surface area contributed by atoms with E-state index in [-0.39, 0.29) is 6.61 Å². The van der Waals surface area contributed by atoms with Crippen LogP contribution in [-0.2, 0) is 16.1 Å². The van der Waals surface area contributed by atoms with Crippen LogP contribution in [0.3, 0.4) is 0 Å². The smallest absolute Gasteiger partial charge is 0.331 e. The summed E-state index contributed by atoms with van der Waals surface area (Å²) in [7, 11) is 0. The molecule has 0 saturated carbocycles. The van der Waals surface area contributed by atoms with E-state index in [1.807, 2.05) is 30.3 Å². The molecule has 20 heavy (non-hydrogen) atoms. The van der Waals surface area contributed by atoms with Gasteiger partial charge in [-0.15, -0.1) is 0 Å². The highest BCUT2D eigenvalue weighted by atomic mass is 35.5. The van der Waals surface area contributed by atoms with Gasteiger partial charge in [0, 0.05) is 6.08 Å². The average Bonchev–Trinajstić information content (AvgIpc) is 2.47. The summed E-state index contributed by atoms with van der Waals surface area (Å²) in [4.78, 5) is 11.6. The third-order valence-electron chi connectivity index (χ3n) is 2.58. The van der Waals surface area contributed by atoms with Gasteiger partial charge in [-0.2, -0.15) is 0 Å². The largest absolute Gasteiger partial charge is 0.458 e. The van der Waals surface area contributed by atoms with Crippen LogP contribution in [0.2, 0.25) is 10.0 Å². The van der Waals surface area contributed by atoms with Gasteiger partial charge in [0.2, 0.25) is 0 Å². The first kappa shape index (κ1) is 14.6. The molecule has 0 N–H and O–H groups in total. The minimum atomic E-state index is -0.403. The van der Waals surface area contributed by atoms with Gasteiger partial charge in [-0.25, -0.2) is 4.79 Å². The Balaban J connectivity index is 1.90. The quantitative estimate of drug-likeness (QED) is 0.602. The van der Waals surface area contributed by atoms with Crippen molar-refractivity contribution in [3.8, 4) is 0 Å². The van der Waals surface area contributed by atoms with E-state index in [4.69, 9.17) is 27.9 Å². The molecule has 102 valence electrons. The number of carbonyl (C=O) groups is 1. The standard InChI is InChI=1S/C16H12Cl2O2/c17-14-8-6-12(10-15(14)18)7-9-16(19)20-11-13-4-2-1-3-5-13/h1-10H,11H2/b9-7+. The Labute approximate surface area is 127 Å². The summed E-state index contributed by atoms with van der Waals surface area (Å²) < 4.78 is 5.12. The van der Waals surface area contributed by atoms with Crippen molar-refractivity contribution in [2.24, 2.45) is 0 Å². The third kappa shape index (κ3) is 4.41. The summed E-state index contributed by atoms with van der Waals surface area (Å²) >= 11 is 11.7. The predicted octanol–water partition coefficient (Wildman–Crippen LogP) is 4.75. The fourth-order valence-electron chi connectivity index (χ4n) is 1.56.